The van der Waals surface area contributed by atoms with Gasteiger partial charge < -0.3 is 88.6 Å². The third-order valence-corrected chi connectivity index (χ3v) is 16.3. The van der Waals surface area contributed by atoms with Crippen LogP contribution in [-0.2, 0) is 47.5 Å². The van der Waals surface area contributed by atoms with Crippen molar-refractivity contribution in [3.63, 3.8) is 0 Å². The van der Waals surface area contributed by atoms with Gasteiger partial charge in [-0.25, -0.2) is 4.79 Å². The Kier molecular flexibility index (Phi) is 13.2. The van der Waals surface area contributed by atoms with Crippen molar-refractivity contribution < 1.29 is 93.4 Å². The molecule has 346 valence electrons. The van der Waals surface area contributed by atoms with Crippen molar-refractivity contribution in [2.75, 3.05) is 26.9 Å². The summed E-state index contributed by atoms with van der Waals surface area (Å²) in [6.07, 6.45) is -13.2. The third kappa shape index (κ3) is 7.64. The van der Waals surface area contributed by atoms with Crippen molar-refractivity contribution in [1.82, 2.24) is 0 Å². The van der Waals surface area contributed by atoms with Gasteiger partial charge in [-0.3, -0.25) is 0 Å². The van der Waals surface area contributed by atoms with Gasteiger partial charge in [-0.2, -0.15) is 0 Å². The van der Waals surface area contributed by atoms with Gasteiger partial charge in [0.25, 0.3) is 0 Å². The molecule has 3 saturated heterocycles. The summed E-state index contributed by atoms with van der Waals surface area (Å²) >= 11 is 0. The van der Waals surface area contributed by atoms with Crippen LogP contribution in [0.3, 0.4) is 0 Å². The van der Waals surface area contributed by atoms with Crippen LogP contribution in [0, 0.1) is 34.5 Å². The molecule has 1 unspecified atom stereocenters. The molecule has 4 heterocycles. The van der Waals surface area contributed by atoms with E-state index >= 15 is 0 Å². The fourth-order valence-electron chi connectivity index (χ4n) is 12.9. The summed E-state index contributed by atoms with van der Waals surface area (Å²) in [6, 6.07) is 0. The van der Waals surface area contributed by atoms with E-state index in [0.717, 1.165) is 44.0 Å². The van der Waals surface area contributed by atoms with E-state index in [-0.39, 0.29) is 42.4 Å². The average Bonchev–Trinajstić information content (AvgIpc) is 3.80. The molecule has 4 aliphatic heterocycles. The van der Waals surface area contributed by atoms with Gasteiger partial charge in [-0.05, 0) is 94.0 Å². The molecule has 8 aliphatic rings. The Hall–Kier alpha value is -1.76. The number of esters is 1. The van der Waals surface area contributed by atoms with Crippen LogP contribution in [0.2, 0.25) is 0 Å². The molecule has 23 atom stereocenters. The second kappa shape index (κ2) is 17.6. The maximum absolute atomic E-state index is 13.3. The highest BCUT2D eigenvalue weighted by atomic mass is 16.8. The van der Waals surface area contributed by atoms with Crippen LogP contribution < -0.4 is 0 Å². The minimum atomic E-state index is -1.79. The van der Waals surface area contributed by atoms with Gasteiger partial charge in [-0.1, -0.05) is 6.92 Å². The maximum Gasteiger partial charge on any atom is 0.331 e. The topological polar surface area (TPSA) is 290 Å². The molecular weight excluding hydrogens is 808 g/mol. The van der Waals surface area contributed by atoms with Crippen LogP contribution in [0.4, 0.5) is 0 Å². The van der Waals surface area contributed by atoms with Crippen molar-refractivity contribution in [2.24, 2.45) is 34.5 Å². The zero-order valence-corrected chi connectivity index (χ0v) is 34.8. The maximum atomic E-state index is 13.3. The van der Waals surface area contributed by atoms with E-state index in [0.29, 0.717) is 25.7 Å². The van der Waals surface area contributed by atoms with Gasteiger partial charge >= 0.3 is 5.97 Å². The SMILES string of the molecule is CO[C@@H]1[C@@H](O)[C@@H](O[C@H]2CC[C@]3(C=O)C4CC[C@]5(C)[C@@H](C6=CC(=O)OC6)CC[C@]5(O)[C@@H]4CC[C@H]3C2)O[C@@H](C)[C@H]1O[C@@H]1O[C@H](CO[C@@H]2O[C@H](CO)[C@@H](O)[C@H](O)[C@H]2O)[C@@H](O)[C@H](O)[C@H]1O. The van der Waals surface area contributed by atoms with Gasteiger partial charge in [-0.15, -0.1) is 0 Å². The molecule has 9 N–H and O–H groups in total. The first-order chi connectivity index (χ1) is 29.0. The largest absolute Gasteiger partial charge is 0.458 e. The van der Waals surface area contributed by atoms with E-state index in [4.69, 9.17) is 37.9 Å². The molecule has 19 heteroatoms. The van der Waals surface area contributed by atoms with Gasteiger partial charge in [0.05, 0.1) is 31.0 Å². The Morgan fingerprint density at radius 1 is 0.770 bits per heavy atom. The van der Waals surface area contributed by atoms with E-state index in [1.54, 1.807) is 13.0 Å². The number of aliphatic hydroxyl groups is 9. The monoisotopic (exact) mass is 872 g/mol. The predicted octanol–water partition coefficient (Wildman–Crippen LogP) is -2.06. The molecule has 0 aromatic carbocycles. The molecule has 0 spiro atoms. The Bertz CT molecular complexity index is 1620. The molecule has 0 bridgehead atoms. The fourth-order valence-corrected chi connectivity index (χ4v) is 12.9. The molecular formula is C42H64O19. The number of aliphatic hydroxyl groups excluding tert-OH is 8. The van der Waals surface area contributed by atoms with Crippen molar-refractivity contribution in [3.8, 4) is 0 Å². The van der Waals surface area contributed by atoms with Crippen LogP contribution in [0.5, 0.6) is 0 Å². The summed E-state index contributed by atoms with van der Waals surface area (Å²) in [6.45, 7) is 2.83. The minimum absolute atomic E-state index is 0.000150. The highest BCUT2D eigenvalue weighted by Crippen LogP contribution is 2.69. The zero-order chi connectivity index (χ0) is 43.8. The quantitative estimate of drug-likeness (QED) is 0.0613. The molecule has 0 amide bonds. The van der Waals surface area contributed by atoms with E-state index < -0.39 is 122 Å². The number of rotatable bonds is 11. The summed E-state index contributed by atoms with van der Waals surface area (Å²) in [4.78, 5) is 25.3. The lowest BCUT2D eigenvalue weighted by atomic mass is 9.43. The third-order valence-electron chi connectivity index (χ3n) is 16.3. The first-order valence-electron chi connectivity index (χ1n) is 21.9. The van der Waals surface area contributed by atoms with Gasteiger partial charge in [0.2, 0.25) is 0 Å². The lowest BCUT2D eigenvalue weighted by Crippen LogP contribution is -2.65. The van der Waals surface area contributed by atoms with Gasteiger partial charge in [0, 0.05) is 24.0 Å². The highest BCUT2D eigenvalue weighted by Gasteiger charge is 2.69. The molecule has 8 rings (SSSR count). The lowest BCUT2D eigenvalue weighted by Gasteiger charge is -2.63. The van der Waals surface area contributed by atoms with E-state index in [1.807, 2.05) is 0 Å². The Morgan fingerprint density at radius 2 is 1.46 bits per heavy atom. The summed E-state index contributed by atoms with van der Waals surface area (Å²) in [7, 11) is 1.36. The molecule has 4 saturated carbocycles. The standard InChI is InChI=1S/C42H64O19/c1-18-35(61-38-33(51)31(49)29(47)26(60-38)16-56-37-32(50)30(48)28(46)25(14-43)59-37)36(54-3)34(52)39(57-18)58-21-6-10-41(17-44)20(13-21)4-5-24-23(41)7-9-40(2)22(8-11-42(24,40)53)19-12-27(45)55-15-19/h12,17-18,20-26,28-39,43,46-53H,4-11,13-16H2,1-3H3/t18-,20-,21-,22+,23?,24+,25+,26+,28+,29+,30-,31-,32+,33+,34+,35+,36+,37+,38-,39+,40+,41+,42-/m0/s1. The van der Waals surface area contributed by atoms with Gasteiger partial charge in [0.15, 0.2) is 18.9 Å². The summed E-state index contributed by atoms with van der Waals surface area (Å²) in [5.41, 5.74) is -1.07. The number of hydrogen-bond donors (Lipinski definition) is 9. The number of methoxy groups -OCH3 is 1. The van der Waals surface area contributed by atoms with Crippen molar-refractivity contribution >= 4 is 12.3 Å². The number of carbonyl (C=O) groups excluding carboxylic acids is 2. The predicted molar refractivity (Wildman–Crippen MR) is 203 cm³/mol. The molecule has 61 heavy (non-hydrogen) atoms. The highest BCUT2D eigenvalue weighted by molar-refractivity contribution is 5.85. The van der Waals surface area contributed by atoms with Crippen LogP contribution in [0.1, 0.15) is 71.6 Å². The first-order valence-corrected chi connectivity index (χ1v) is 21.9. The van der Waals surface area contributed by atoms with Crippen molar-refractivity contribution in [1.29, 1.82) is 0 Å². The number of fused-ring (bicyclic) bond motifs is 5. The number of hydrogen-bond acceptors (Lipinski definition) is 19. The molecule has 7 fully saturated rings. The van der Waals surface area contributed by atoms with E-state index in [1.165, 1.54) is 7.11 Å². The van der Waals surface area contributed by atoms with Crippen LogP contribution >= 0.6 is 0 Å². The number of cyclic esters (lactones) is 1. The van der Waals surface area contributed by atoms with Crippen LogP contribution in [0.15, 0.2) is 11.6 Å². The number of carbonyl (C=O) groups is 2. The number of ether oxygens (including phenoxy) is 8. The second-order valence-corrected chi connectivity index (χ2v) is 19.1. The van der Waals surface area contributed by atoms with Crippen LogP contribution in [0.25, 0.3) is 0 Å². The molecule has 0 radical (unpaired) electrons. The Morgan fingerprint density at radius 3 is 2.13 bits per heavy atom. The van der Waals surface area contributed by atoms with E-state index in [2.05, 4.69) is 6.92 Å². The van der Waals surface area contributed by atoms with Crippen LogP contribution in [-0.4, -0.2) is 189 Å². The molecule has 19 nitrogen and oxygen atoms in total. The molecule has 0 aromatic rings. The van der Waals surface area contributed by atoms with Crippen molar-refractivity contribution in [3.05, 3.63) is 11.6 Å². The summed E-state index contributed by atoms with van der Waals surface area (Å²) in [5, 5.41) is 96.6. The summed E-state index contributed by atoms with van der Waals surface area (Å²) in [5.74, 6) is -0.343. The first kappa shape index (κ1) is 45.8. The summed E-state index contributed by atoms with van der Waals surface area (Å²) < 4.78 is 46.4. The smallest absolute Gasteiger partial charge is 0.331 e. The lowest BCUT2D eigenvalue weighted by molar-refractivity contribution is -0.367. The van der Waals surface area contributed by atoms with Crippen molar-refractivity contribution in [2.45, 2.75) is 175 Å². The van der Waals surface area contributed by atoms with E-state index in [9.17, 15) is 55.5 Å². The fraction of sp³-hybridized carbons (Fsp3) is 0.905. The number of aldehydes is 1. The Labute approximate surface area is 353 Å². The second-order valence-electron chi connectivity index (χ2n) is 19.1. The van der Waals surface area contributed by atoms with Gasteiger partial charge in [0.1, 0.15) is 80.0 Å². The normalized spacial score (nSPS) is 53.6. The minimum Gasteiger partial charge on any atom is -0.458 e. The molecule has 4 aliphatic carbocycles. The molecule has 0 aromatic heterocycles. The zero-order valence-electron chi connectivity index (χ0n) is 34.8. The average molecular weight is 873 g/mol. The Balaban J connectivity index is 0.887.